The van der Waals surface area contributed by atoms with E-state index in [9.17, 15) is 4.79 Å². The summed E-state index contributed by atoms with van der Waals surface area (Å²) in [7, 11) is -3.72. The van der Waals surface area contributed by atoms with Crippen molar-refractivity contribution in [3.63, 3.8) is 0 Å². The van der Waals surface area contributed by atoms with Gasteiger partial charge in [-0.25, -0.2) is 0 Å². The van der Waals surface area contributed by atoms with Gasteiger partial charge in [-0.1, -0.05) is 41.5 Å². The molecule has 1 aliphatic rings. The molecule has 0 heterocycles. The summed E-state index contributed by atoms with van der Waals surface area (Å²) in [6.07, 6.45) is 2.09. The molecule has 0 spiro atoms. The van der Waals surface area contributed by atoms with Gasteiger partial charge in [0.05, 0.1) is 0 Å². The average molecular weight is 359 g/mol. The van der Waals surface area contributed by atoms with Gasteiger partial charge in [0.1, 0.15) is 6.10 Å². The van der Waals surface area contributed by atoms with Crippen LogP contribution in [-0.4, -0.2) is 34.6 Å². The molecule has 3 nitrogen and oxygen atoms in total. The summed E-state index contributed by atoms with van der Waals surface area (Å²) >= 11 is 0. The fraction of sp³-hybridized carbons (Fsp3) is 0.944. The van der Waals surface area contributed by atoms with Gasteiger partial charge in [-0.2, -0.15) is 0 Å². The van der Waals surface area contributed by atoms with Crippen LogP contribution in [0.4, 0.5) is 0 Å². The monoisotopic (exact) mass is 358 g/mol. The smallest absolute Gasteiger partial charge is 0.193 e. The molecule has 0 amide bonds. The molecule has 2 atom stereocenters. The Balaban J connectivity index is 2.79. The van der Waals surface area contributed by atoms with E-state index < -0.39 is 16.6 Å². The van der Waals surface area contributed by atoms with E-state index in [1.807, 2.05) is 0 Å². The van der Waals surface area contributed by atoms with Crippen molar-refractivity contribution in [2.75, 3.05) is 0 Å². The third-order valence-corrected chi connectivity index (χ3v) is 15.1. The van der Waals surface area contributed by atoms with Crippen LogP contribution in [0.1, 0.15) is 60.8 Å². The van der Waals surface area contributed by atoms with E-state index in [0.29, 0.717) is 6.42 Å². The van der Waals surface area contributed by atoms with Crippen molar-refractivity contribution in [1.29, 1.82) is 0 Å². The first-order valence-electron chi connectivity index (χ1n) is 8.95. The number of carbonyl (C=O) groups excluding carboxylic acids is 1. The van der Waals surface area contributed by atoms with E-state index in [1.54, 1.807) is 0 Å². The van der Waals surface area contributed by atoms with Crippen LogP contribution in [0.5, 0.6) is 0 Å². The lowest BCUT2D eigenvalue weighted by molar-refractivity contribution is -0.131. The van der Waals surface area contributed by atoms with Crippen molar-refractivity contribution in [3.05, 3.63) is 0 Å². The molecule has 23 heavy (non-hydrogen) atoms. The van der Waals surface area contributed by atoms with Crippen molar-refractivity contribution in [2.45, 2.75) is 109 Å². The van der Waals surface area contributed by atoms with Gasteiger partial charge in [-0.3, -0.25) is 4.79 Å². The Morgan fingerprint density at radius 1 is 0.870 bits per heavy atom. The molecule has 0 aromatic carbocycles. The van der Waals surface area contributed by atoms with E-state index in [0.717, 1.165) is 12.8 Å². The van der Waals surface area contributed by atoms with Crippen molar-refractivity contribution in [3.8, 4) is 0 Å². The molecule has 1 saturated carbocycles. The Kier molecular flexibility index (Phi) is 6.17. The molecule has 136 valence electrons. The first-order chi connectivity index (χ1) is 10.1. The highest BCUT2D eigenvalue weighted by atomic mass is 28.4. The quantitative estimate of drug-likeness (QED) is 0.621. The Labute approximate surface area is 145 Å². The van der Waals surface area contributed by atoms with Crippen LogP contribution < -0.4 is 0 Å². The summed E-state index contributed by atoms with van der Waals surface area (Å²) in [6, 6.07) is 0. The van der Waals surface area contributed by atoms with Crippen molar-refractivity contribution >= 4 is 22.4 Å². The number of ketones is 1. The van der Waals surface area contributed by atoms with Crippen LogP contribution in [0, 0.1) is 0 Å². The number of carbonyl (C=O) groups is 1. The van der Waals surface area contributed by atoms with Crippen LogP contribution in [0.2, 0.25) is 36.3 Å². The maximum Gasteiger partial charge on any atom is 0.193 e. The van der Waals surface area contributed by atoms with Crippen molar-refractivity contribution < 1.29 is 13.6 Å². The van der Waals surface area contributed by atoms with Crippen LogP contribution >= 0.6 is 0 Å². The first-order valence-corrected chi connectivity index (χ1v) is 14.8. The highest BCUT2D eigenvalue weighted by Crippen LogP contribution is 2.41. The second-order valence-electron chi connectivity index (χ2n) is 10.1. The SMILES string of the molecule is CC(C)(C)[Si](C)(C)O[C@@H]1CCC(=O)[C@@H](O[Si](C)(C)C(C)(C)C)C1. The summed E-state index contributed by atoms with van der Waals surface area (Å²) in [5, 5.41) is 0.324. The van der Waals surface area contributed by atoms with E-state index in [-0.39, 0.29) is 28.1 Å². The fourth-order valence-corrected chi connectivity index (χ4v) is 4.99. The molecule has 1 aliphatic carbocycles. The van der Waals surface area contributed by atoms with E-state index in [1.165, 1.54) is 0 Å². The molecule has 5 heteroatoms. The minimum absolute atomic E-state index is 0.126. The largest absolute Gasteiger partial charge is 0.414 e. The van der Waals surface area contributed by atoms with Crippen LogP contribution in [0.25, 0.3) is 0 Å². The predicted octanol–water partition coefficient (Wildman–Crippen LogP) is 5.52. The Hall–Kier alpha value is 0.0238. The second kappa shape index (κ2) is 6.73. The molecule has 0 aliphatic heterocycles. The summed E-state index contributed by atoms with van der Waals surface area (Å²) < 4.78 is 13.0. The van der Waals surface area contributed by atoms with Gasteiger partial charge in [-0.05, 0) is 42.7 Å². The molecule has 0 saturated heterocycles. The van der Waals surface area contributed by atoms with Crippen molar-refractivity contribution in [2.24, 2.45) is 0 Å². The molecule has 0 aromatic rings. The number of Topliss-reactive ketones (excluding diaryl/α,β-unsaturated/α-hetero) is 1. The number of hydrogen-bond donors (Lipinski definition) is 0. The Morgan fingerprint density at radius 2 is 1.30 bits per heavy atom. The molecular formula is C18H38O3Si2. The van der Waals surface area contributed by atoms with Gasteiger partial charge in [0.15, 0.2) is 22.4 Å². The van der Waals surface area contributed by atoms with E-state index in [4.69, 9.17) is 8.85 Å². The van der Waals surface area contributed by atoms with Gasteiger partial charge in [-0.15, -0.1) is 0 Å². The van der Waals surface area contributed by atoms with Crippen LogP contribution in [-0.2, 0) is 13.6 Å². The minimum Gasteiger partial charge on any atom is -0.414 e. The van der Waals surface area contributed by atoms with Crippen LogP contribution in [0.3, 0.4) is 0 Å². The number of hydrogen-bond acceptors (Lipinski definition) is 3. The first kappa shape index (κ1) is 21.1. The number of rotatable bonds is 4. The van der Waals surface area contributed by atoms with Crippen molar-refractivity contribution in [1.82, 2.24) is 0 Å². The van der Waals surface area contributed by atoms with E-state index >= 15 is 0 Å². The zero-order valence-electron chi connectivity index (χ0n) is 17.0. The molecular weight excluding hydrogens is 320 g/mol. The van der Waals surface area contributed by atoms with Gasteiger partial charge in [0.2, 0.25) is 0 Å². The highest BCUT2D eigenvalue weighted by molar-refractivity contribution is 6.74. The maximum absolute atomic E-state index is 12.4. The lowest BCUT2D eigenvalue weighted by Gasteiger charge is -2.43. The maximum atomic E-state index is 12.4. The lowest BCUT2D eigenvalue weighted by atomic mass is 9.94. The van der Waals surface area contributed by atoms with Gasteiger partial charge < -0.3 is 8.85 Å². The summed E-state index contributed by atoms with van der Waals surface area (Å²) in [4.78, 5) is 12.4. The Morgan fingerprint density at radius 3 is 1.74 bits per heavy atom. The van der Waals surface area contributed by atoms with Gasteiger partial charge >= 0.3 is 0 Å². The molecule has 0 N–H and O–H groups in total. The van der Waals surface area contributed by atoms with Crippen LogP contribution in [0.15, 0.2) is 0 Å². The average Bonchev–Trinajstić information content (AvgIpc) is 2.29. The topological polar surface area (TPSA) is 35.5 Å². The summed E-state index contributed by atoms with van der Waals surface area (Å²) in [6.45, 7) is 22.4. The minimum atomic E-state index is -1.92. The second-order valence-corrected chi connectivity index (χ2v) is 19.6. The molecule has 0 radical (unpaired) electrons. The summed E-state index contributed by atoms with van der Waals surface area (Å²) in [5.41, 5.74) is 0. The molecule has 1 fully saturated rings. The zero-order valence-corrected chi connectivity index (χ0v) is 19.0. The Bertz CT molecular complexity index is 431. The van der Waals surface area contributed by atoms with Gasteiger partial charge in [0.25, 0.3) is 0 Å². The third kappa shape index (κ3) is 5.25. The molecule has 1 rings (SSSR count). The molecule has 0 bridgehead atoms. The standard InChI is InChI=1S/C18H38O3Si2/c1-17(2,3)22(7,8)20-14-11-12-15(19)16(13-14)21-23(9,10)18(4,5)6/h14,16H,11-13H2,1-10H3/t14-,16+/m1/s1. The highest BCUT2D eigenvalue weighted by Gasteiger charge is 2.44. The lowest BCUT2D eigenvalue weighted by Crippen LogP contribution is -2.51. The molecule has 0 unspecified atom stereocenters. The summed E-state index contributed by atoms with van der Waals surface area (Å²) in [5.74, 6) is 0.268. The third-order valence-electron chi connectivity index (χ3n) is 6.06. The molecule has 0 aromatic heterocycles. The van der Waals surface area contributed by atoms with Gasteiger partial charge in [0, 0.05) is 18.9 Å². The van der Waals surface area contributed by atoms with E-state index in [2.05, 4.69) is 67.7 Å². The fourth-order valence-electron chi connectivity index (χ4n) is 2.30. The normalized spacial score (nSPS) is 24.9. The zero-order chi connectivity index (χ0) is 18.3. The predicted molar refractivity (Wildman–Crippen MR) is 103 cm³/mol.